The van der Waals surface area contributed by atoms with Crippen LogP contribution in [0.3, 0.4) is 0 Å². The van der Waals surface area contributed by atoms with Crippen LogP contribution in [0.15, 0.2) is 34.8 Å². The second-order valence-corrected chi connectivity index (χ2v) is 13.3. The number of rotatable bonds is 8. The molecule has 8 heteroatoms. The topological polar surface area (TPSA) is 149 Å². The fraction of sp³-hybridized carbons (Fsp3) is 0.576. The summed E-state index contributed by atoms with van der Waals surface area (Å²) in [4.78, 5) is 53.3. The normalized spacial score (nSPS) is 29.6. The number of fused-ring (bicyclic) bond motifs is 3. The minimum atomic E-state index is -2.66. The maximum Gasteiger partial charge on any atom is 0.209 e. The molecule has 1 unspecified atom stereocenters. The zero-order valence-corrected chi connectivity index (χ0v) is 25.1. The van der Waals surface area contributed by atoms with E-state index in [0.717, 1.165) is 5.56 Å². The third-order valence-corrected chi connectivity index (χ3v) is 9.73. The summed E-state index contributed by atoms with van der Waals surface area (Å²) in [6.45, 7) is 12.7. The summed E-state index contributed by atoms with van der Waals surface area (Å²) >= 11 is 0. The van der Waals surface area contributed by atoms with Crippen molar-refractivity contribution in [3.8, 4) is 5.75 Å². The number of phenolic OH excluding ortho intramolecular Hbond substituents is 1. The number of carbonyl (C=O) groups excluding carboxylic acids is 4. The minimum absolute atomic E-state index is 0.0360. The molecule has 0 bridgehead atoms. The first kappa shape index (κ1) is 30.7. The molecule has 0 radical (unpaired) electrons. The molecular formula is C33H42O8. The summed E-state index contributed by atoms with van der Waals surface area (Å²) in [5, 5.41) is 46.4. The lowest BCUT2D eigenvalue weighted by molar-refractivity contribution is -0.171. The van der Waals surface area contributed by atoms with Gasteiger partial charge in [-0.25, -0.2) is 0 Å². The largest absolute Gasteiger partial charge is 0.511 e. The van der Waals surface area contributed by atoms with Gasteiger partial charge in [0, 0.05) is 41.6 Å². The lowest BCUT2D eigenvalue weighted by Crippen LogP contribution is -2.67. The highest BCUT2D eigenvalue weighted by atomic mass is 16.3. The summed E-state index contributed by atoms with van der Waals surface area (Å²) in [5.41, 5.74) is -4.32. The standard InChI is InChI=1S/C33H42O8/c1-8-18(34)10-9-11-21(35)24-28(38)25(17(4)5)32(7)15-31(6)14-20-19(16(2)3)12-13-22(36)23(20)27(37)26(31)30(40)33(32,41)29(24)39/h12-13,16-17,25,36,38,40-41H,8-11,14-15H2,1-7H3/t25?,31-,32-,33+/m1/s1. The maximum atomic E-state index is 14.1. The van der Waals surface area contributed by atoms with Gasteiger partial charge >= 0.3 is 0 Å². The lowest BCUT2D eigenvalue weighted by Gasteiger charge is -2.59. The highest BCUT2D eigenvalue weighted by Crippen LogP contribution is 2.65. The molecule has 1 aromatic rings. The molecule has 8 nitrogen and oxygen atoms in total. The first-order valence-electron chi connectivity index (χ1n) is 14.6. The van der Waals surface area contributed by atoms with Crippen LogP contribution >= 0.6 is 0 Å². The Morgan fingerprint density at radius 2 is 1.66 bits per heavy atom. The predicted molar refractivity (Wildman–Crippen MR) is 153 cm³/mol. The molecule has 4 rings (SSSR count). The van der Waals surface area contributed by atoms with Crippen molar-refractivity contribution in [3.05, 3.63) is 51.5 Å². The Hall–Kier alpha value is -3.26. The van der Waals surface area contributed by atoms with Gasteiger partial charge in [0.15, 0.2) is 17.2 Å². The number of allylic oxidation sites excluding steroid dienone is 2. The van der Waals surface area contributed by atoms with Gasteiger partial charge in [-0.2, -0.15) is 0 Å². The van der Waals surface area contributed by atoms with E-state index in [1.54, 1.807) is 40.7 Å². The third kappa shape index (κ3) is 4.28. The lowest BCUT2D eigenvalue weighted by atomic mass is 9.44. The van der Waals surface area contributed by atoms with Crippen LogP contribution in [0.2, 0.25) is 0 Å². The van der Waals surface area contributed by atoms with Gasteiger partial charge in [0.1, 0.15) is 28.6 Å². The first-order chi connectivity index (χ1) is 19.0. The van der Waals surface area contributed by atoms with Crippen molar-refractivity contribution in [2.75, 3.05) is 0 Å². The maximum absolute atomic E-state index is 14.1. The highest BCUT2D eigenvalue weighted by molar-refractivity contribution is 6.26. The molecule has 3 aliphatic carbocycles. The quantitative estimate of drug-likeness (QED) is 0.297. The fourth-order valence-corrected chi connectivity index (χ4v) is 7.97. The van der Waals surface area contributed by atoms with Gasteiger partial charge in [-0.3, -0.25) is 19.2 Å². The molecule has 222 valence electrons. The van der Waals surface area contributed by atoms with E-state index in [1.165, 1.54) is 6.07 Å². The van der Waals surface area contributed by atoms with E-state index < -0.39 is 56.8 Å². The molecule has 0 aromatic heterocycles. The molecule has 1 aromatic carbocycles. The Kier molecular flexibility index (Phi) is 7.66. The van der Waals surface area contributed by atoms with Crippen molar-refractivity contribution >= 4 is 23.1 Å². The molecule has 0 spiro atoms. The Morgan fingerprint density at radius 1 is 1.02 bits per heavy atom. The summed E-state index contributed by atoms with van der Waals surface area (Å²) in [6, 6.07) is 3.22. The minimum Gasteiger partial charge on any atom is -0.511 e. The number of aromatic hydroxyl groups is 1. The van der Waals surface area contributed by atoms with Crippen molar-refractivity contribution < 1.29 is 39.6 Å². The Balaban J connectivity index is 1.93. The van der Waals surface area contributed by atoms with E-state index in [0.29, 0.717) is 12.0 Å². The molecule has 0 amide bonds. The first-order valence-corrected chi connectivity index (χ1v) is 14.6. The number of Topliss-reactive ketones (excluding diaryl/α,β-unsaturated/α-hetero) is 4. The summed E-state index contributed by atoms with van der Waals surface area (Å²) in [7, 11) is 0. The summed E-state index contributed by atoms with van der Waals surface area (Å²) in [6.07, 6.45) is 0.766. The molecule has 4 N–H and O–H groups in total. The number of phenols is 1. The number of aliphatic hydroxyl groups excluding tert-OH is 2. The molecule has 0 saturated carbocycles. The van der Waals surface area contributed by atoms with Crippen molar-refractivity contribution in [2.45, 2.75) is 98.5 Å². The summed E-state index contributed by atoms with van der Waals surface area (Å²) < 4.78 is 0. The van der Waals surface area contributed by atoms with Gasteiger partial charge in [0.2, 0.25) is 5.78 Å². The smallest absolute Gasteiger partial charge is 0.209 e. The van der Waals surface area contributed by atoms with Gasteiger partial charge in [-0.1, -0.05) is 54.5 Å². The molecular weight excluding hydrogens is 524 g/mol. The Labute approximate surface area is 241 Å². The van der Waals surface area contributed by atoms with E-state index in [1.807, 2.05) is 13.8 Å². The number of benzene rings is 1. The number of ketones is 4. The molecule has 0 aliphatic heterocycles. The van der Waals surface area contributed by atoms with E-state index in [4.69, 9.17) is 0 Å². The van der Waals surface area contributed by atoms with Gasteiger partial charge in [-0.05, 0) is 48.3 Å². The van der Waals surface area contributed by atoms with Crippen LogP contribution in [0.1, 0.15) is 108 Å². The van der Waals surface area contributed by atoms with Gasteiger partial charge in [-0.15, -0.1) is 0 Å². The van der Waals surface area contributed by atoms with Gasteiger partial charge in [0.25, 0.3) is 0 Å². The molecule has 3 aliphatic rings. The SMILES string of the molecule is CCC(=O)CCCC(=O)C1=C(O)C(C(C)C)[C@@]2(C)C[C@@]3(C)Cc4c(C(C)C)ccc(O)c4C(=O)C3=C(O)[C@@]2(O)C1=O. The predicted octanol–water partition coefficient (Wildman–Crippen LogP) is 5.60. The van der Waals surface area contributed by atoms with Gasteiger partial charge < -0.3 is 20.4 Å². The molecule has 0 saturated heterocycles. The molecule has 0 heterocycles. The van der Waals surface area contributed by atoms with Crippen LogP contribution in [0.5, 0.6) is 5.75 Å². The zero-order chi connectivity index (χ0) is 30.8. The van der Waals surface area contributed by atoms with E-state index in [9.17, 15) is 39.6 Å². The fourth-order valence-electron chi connectivity index (χ4n) is 7.97. The second kappa shape index (κ2) is 10.2. The van der Waals surface area contributed by atoms with E-state index in [2.05, 4.69) is 0 Å². The van der Waals surface area contributed by atoms with Crippen LogP contribution in [0.25, 0.3) is 0 Å². The molecule has 4 atom stereocenters. The monoisotopic (exact) mass is 566 g/mol. The third-order valence-electron chi connectivity index (χ3n) is 9.73. The highest BCUT2D eigenvalue weighted by Gasteiger charge is 2.71. The van der Waals surface area contributed by atoms with Crippen LogP contribution < -0.4 is 0 Å². The second-order valence-electron chi connectivity index (χ2n) is 13.3. The van der Waals surface area contributed by atoms with E-state index in [-0.39, 0.29) is 66.6 Å². The molecule has 41 heavy (non-hydrogen) atoms. The Bertz CT molecular complexity index is 1410. The van der Waals surface area contributed by atoms with Crippen molar-refractivity contribution in [2.24, 2.45) is 22.7 Å². The van der Waals surface area contributed by atoms with Crippen LogP contribution in [-0.2, 0) is 20.8 Å². The summed E-state index contributed by atoms with van der Waals surface area (Å²) in [5.74, 6) is -5.27. The number of hydrogen-bond donors (Lipinski definition) is 4. The average molecular weight is 567 g/mol. The molecule has 0 fully saturated rings. The van der Waals surface area contributed by atoms with Gasteiger partial charge in [0.05, 0.1) is 5.56 Å². The van der Waals surface area contributed by atoms with Crippen LogP contribution in [0, 0.1) is 22.7 Å². The number of carbonyl (C=O) groups is 4. The van der Waals surface area contributed by atoms with Crippen molar-refractivity contribution in [1.29, 1.82) is 0 Å². The van der Waals surface area contributed by atoms with Crippen molar-refractivity contribution in [1.82, 2.24) is 0 Å². The van der Waals surface area contributed by atoms with Crippen molar-refractivity contribution in [3.63, 3.8) is 0 Å². The van der Waals surface area contributed by atoms with Crippen LogP contribution in [-0.4, -0.2) is 49.2 Å². The zero-order valence-electron chi connectivity index (χ0n) is 25.1. The number of aliphatic hydroxyl groups is 3. The Morgan fingerprint density at radius 3 is 2.22 bits per heavy atom. The average Bonchev–Trinajstić information content (AvgIpc) is 2.85. The van der Waals surface area contributed by atoms with E-state index >= 15 is 0 Å². The van der Waals surface area contributed by atoms with Crippen LogP contribution in [0.4, 0.5) is 0 Å². The number of hydrogen-bond acceptors (Lipinski definition) is 8.